The lowest BCUT2D eigenvalue weighted by molar-refractivity contribution is 0.506. The molecular weight excluding hydrogens is 186 g/mol. The Hall–Kier alpha value is -1.35. The number of nitrogens with one attached hydrogen (secondary N) is 1. The predicted octanol–water partition coefficient (Wildman–Crippen LogP) is 1.27. The minimum Gasteiger partial charge on any atom is -0.363 e. The summed E-state index contributed by atoms with van der Waals surface area (Å²) in [6, 6.07) is 8.22. The standard InChI is InChI=1S/C12H17N3/c1-12(2)8-14-11(15-12)10-5-3-9(7-13)4-6-10/h3-6H,7-8,13H2,1-2H3,(H,14,15). The van der Waals surface area contributed by atoms with Crippen molar-refractivity contribution in [2.75, 3.05) is 6.54 Å². The molecule has 0 amide bonds. The highest BCUT2D eigenvalue weighted by molar-refractivity contribution is 6.00. The van der Waals surface area contributed by atoms with Crippen LogP contribution in [0.15, 0.2) is 29.3 Å². The summed E-state index contributed by atoms with van der Waals surface area (Å²) < 4.78 is 0. The molecule has 3 N–H and O–H groups in total. The fourth-order valence-electron chi connectivity index (χ4n) is 1.64. The lowest BCUT2D eigenvalue weighted by Crippen LogP contribution is -2.39. The van der Waals surface area contributed by atoms with Crippen LogP contribution in [0, 0.1) is 0 Å². The zero-order valence-corrected chi connectivity index (χ0v) is 9.25. The average molecular weight is 203 g/mol. The molecule has 0 saturated heterocycles. The van der Waals surface area contributed by atoms with Crippen molar-refractivity contribution in [2.24, 2.45) is 10.7 Å². The Morgan fingerprint density at radius 3 is 2.47 bits per heavy atom. The van der Waals surface area contributed by atoms with Gasteiger partial charge in [-0.3, -0.25) is 4.99 Å². The van der Waals surface area contributed by atoms with Crippen LogP contribution in [0.3, 0.4) is 0 Å². The molecule has 1 aliphatic rings. The highest BCUT2D eigenvalue weighted by Gasteiger charge is 2.25. The quantitative estimate of drug-likeness (QED) is 0.760. The van der Waals surface area contributed by atoms with Gasteiger partial charge in [-0.2, -0.15) is 0 Å². The molecule has 0 fully saturated rings. The fraction of sp³-hybridized carbons (Fsp3) is 0.417. The van der Waals surface area contributed by atoms with Gasteiger partial charge in [0.15, 0.2) is 0 Å². The van der Waals surface area contributed by atoms with Gasteiger partial charge in [-0.15, -0.1) is 0 Å². The molecule has 0 bridgehead atoms. The smallest absolute Gasteiger partial charge is 0.128 e. The van der Waals surface area contributed by atoms with Crippen LogP contribution >= 0.6 is 0 Å². The minimum atomic E-state index is 0.0852. The van der Waals surface area contributed by atoms with Crippen LogP contribution in [0.25, 0.3) is 0 Å². The van der Waals surface area contributed by atoms with Gasteiger partial charge in [0.25, 0.3) is 0 Å². The first-order chi connectivity index (χ1) is 7.11. The highest BCUT2D eigenvalue weighted by atomic mass is 15.1. The SMILES string of the molecule is CC1(C)CN=C(c2ccc(CN)cc2)N1. The predicted molar refractivity (Wildman–Crippen MR) is 63.0 cm³/mol. The van der Waals surface area contributed by atoms with Crippen molar-refractivity contribution in [3.63, 3.8) is 0 Å². The second kappa shape index (κ2) is 3.66. The molecule has 0 spiro atoms. The molecule has 1 aliphatic heterocycles. The average Bonchev–Trinajstić information content (AvgIpc) is 2.59. The number of amidine groups is 1. The molecule has 0 radical (unpaired) electrons. The third-order valence-electron chi connectivity index (χ3n) is 2.55. The molecule has 15 heavy (non-hydrogen) atoms. The number of benzene rings is 1. The third kappa shape index (κ3) is 2.18. The first-order valence-corrected chi connectivity index (χ1v) is 5.23. The summed E-state index contributed by atoms with van der Waals surface area (Å²) in [5, 5.41) is 3.40. The number of nitrogens with two attached hydrogens (primary N) is 1. The maximum atomic E-state index is 5.55. The summed E-state index contributed by atoms with van der Waals surface area (Å²) in [6.07, 6.45) is 0. The van der Waals surface area contributed by atoms with Gasteiger partial charge < -0.3 is 11.1 Å². The zero-order chi connectivity index (χ0) is 10.9. The molecule has 0 saturated carbocycles. The largest absolute Gasteiger partial charge is 0.363 e. The van der Waals surface area contributed by atoms with E-state index in [9.17, 15) is 0 Å². The lowest BCUT2D eigenvalue weighted by atomic mass is 10.1. The van der Waals surface area contributed by atoms with Crippen molar-refractivity contribution < 1.29 is 0 Å². The molecular formula is C12H17N3. The molecule has 1 aromatic carbocycles. The van der Waals surface area contributed by atoms with Crippen LogP contribution in [0.5, 0.6) is 0 Å². The van der Waals surface area contributed by atoms with Crippen LogP contribution in [-0.4, -0.2) is 17.9 Å². The van der Waals surface area contributed by atoms with Crippen molar-refractivity contribution in [1.29, 1.82) is 0 Å². The van der Waals surface area contributed by atoms with E-state index in [1.165, 1.54) is 0 Å². The van der Waals surface area contributed by atoms with E-state index >= 15 is 0 Å². The number of nitrogens with zero attached hydrogens (tertiary/aromatic N) is 1. The summed E-state index contributed by atoms with van der Waals surface area (Å²) in [5.41, 5.74) is 7.92. The van der Waals surface area contributed by atoms with E-state index < -0.39 is 0 Å². The molecule has 3 nitrogen and oxygen atoms in total. The van der Waals surface area contributed by atoms with Crippen molar-refractivity contribution >= 4 is 5.84 Å². The Balaban J connectivity index is 2.18. The van der Waals surface area contributed by atoms with Gasteiger partial charge in [0.2, 0.25) is 0 Å². The molecule has 1 aromatic rings. The number of hydrogen-bond donors (Lipinski definition) is 2. The van der Waals surface area contributed by atoms with Gasteiger partial charge >= 0.3 is 0 Å². The third-order valence-corrected chi connectivity index (χ3v) is 2.55. The highest BCUT2D eigenvalue weighted by Crippen LogP contribution is 2.14. The van der Waals surface area contributed by atoms with Crippen molar-refractivity contribution in [3.05, 3.63) is 35.4 Å². The first kappa shape index (κ1) is 10.2. The van der Waals surface area contributed by atoms with Crippen molar-refractivity contribution in [1.82, 2.24) is 5.32 Å². The summed E-state index contributed by atoms with van der Waals surface area (Å²) in [6.45, 7) is 5.72. The summed E-state index contributed by atoms with van der Waals surface area (Å²) in [4.78, 5) is 4.49. The summed E-state index contributed by atoms with van der Waals surface area (Å²) >= 11 is 0. The molecule has 3 heteroatoms. The van der Waals surface area contributed by atoms with Gasteiger partial charge in [0.1, 0.15) is 5.84 Å². The Morgan fingerprint density at radius 1 is 1.33 bits per heavy atom. The number of rotatable bonds is 2. The molecule has 0 aliphatic carbocycles. The van der Waals surface area contributed by atoms with E-state index in [1.54, 1.807) is 0 Å². The van der Waals surface area contributed by atoms with Crippen LogP contribution < -0.4 is 11.1 Å². The van der Waals surface area contributed by atoms with Gasteiger partial charge in [-0.25, -0.2) is 0 Å². The molecule has 0 atom stereocenters. The Bertz CT molecular complexity index is 376. The molecule has 1 heterocycles. The van der Waals surface area contributed by atoms with Crippen molar-refractivity contribution in [3.8, 4) is 0 Å². The van der Waals surface area contributed by atoms with Crippen molar-refractivity contribution in [2.45, 2.75) is 25.9 Å². The van der Waals surface area contributed by atoms with Gasteiger partial charge in [0, 0.05) is 12.1 Å². The Labute approximate surface area is 90.4 Å². The van der Waals surface area contributed by atoms with E-state index in [1.807, 2.05) is 12.1 Å². The van der Waals surface area contributed by atoms with Crippen LogP contribution in [0.4, 0.5) is 0 Å². The Morgan fingerprint density at radius 2 is 2.00 bits per heavy atom. The van der Waals surface area contributed by atoms with Crippen LogP contribution in [0.2, 0.25) is 0 Å². The summed E-state index contributed by atoms with van der Waals surface area (Å²) in [7, 11) is 0. The monoisotopic (exact) mass is 203 g/mol. The second-order valence-electron chi connectivity index (χ2n) is 4.57. The van der Waals surface area contributed by atoms with E-state index in [4.69, 9.17) is 5.73 Å². The number of hydrogen-bond acceptors (Lipinski definition) is 3. The van der Waals surface area contributed by atoms with Crippen LogP contribution in [0.1, 0.15) is 25.0 Å². The maximum absolute atomic E-state index is 5.55. The molecule has 0 aromatic heterocycles. The van der Waals surface area contributed by atoms with E-state index in [-0.39, 0.29) is 5.54 Å². The van der Waals surface area contributed by atoms with Gasteiger partial charge in [-0.05, 0) is 19.4 Å². The topological polar surface area (TPSA) is 50.4 Å². The fourth-order valence-corrected chi connectivity index (χ4v) is 1.64. The normalized spacial score (nSPS) is 18.5. The molecule has 0 unspecified atom stereocenters. The zero-order valence-electron chi connectivity index (χ0n) is 9.25. The van der Waals surface area contributed by atoms with Crippen LogP contribution in [-0.2, 0) is 6.54 Å². The van der Waals surface area contributed by atoms with Gasteiger partial charge in [-0.1, -0.05) is 24.3 Å². The lowest BCUT2D eigenvalue weighted by Gasteiger charge is -2.18. The first-order valence-electron chi connectivity index (χ1n) is 5.23. The van der Waals surface area contributed by atoms with E-state index in [2.05, 4.69) is 36.3 Å². The van der Waals surface area contributed by atoms with E-state index in [0.29, 0.717) is 6.54 Å². The summed E-state index contributed by atoms with van der Waals surface area (Å²) in [5.74, 6) is 0.989. The molecule has 80 valence electrons. The van der Waals surface area contributed by atoms with E-state index in [0.717, 1.165) is 23.5 Å². The second-order valence-corrected chi connectivity index (χ2v) is 4.57. The molecule has 2 rings (SSSR count). The Kier molecular flexibility index (Phi) is 2.49. The number of aliphatic imine (C=N–C) groups is 1. The minimum absolute atomic E-state index is 0.0852. The maximum Gasteiger partial charge on any atom is 0.128 e. The van der Waals surface area contributed by atoms with Gasteiger partial charge in [0.05, 0.1) is 12.1 Å².